The van der Waals surface area contributed by atoms with Crippen LogP contribution >= 0.6 is 35.2 Å². The van der Waals surface area contributed by atoms with Crippen LogP contribution < -0.4 is 10.6 Å². The van der Waals surface area contributed by atoms with Gasteiger partial charge in [-0.05, 0) is 43.8 Å². The lowest BCUT2D eigenvalue weighted by atomic mass is 10.2. The fraction of sp³-hybridized carbons (Fsp3) is 0.182. The van der Waals surface area contributed by atoms with Gasteiger partial charge in [-0.15, -0.1) is 10.2 Å². The Morgan fingerprint density at radius 1 is 1.28 bits per heavy atom. The zero-order valence-electron chi connectivity index (χ0n) is 9.82. The first-order valence-corrected chi connectivity index (χ1v) is 6.79. The third kappa shape index (κ3) is 3.38. The number of benzene rings is 1. The van der Waals surface area contributed by atoms with E-state index in [1.165, 1.54) is 11.3 Å². The van der Waals surface area contributed by atoms with Crippen LogP contribution in [0, 0.1) is 13.8 Å². The summed E-state index contributed by atoms with van der Waals surface area (Å²) in [6.45, 7) is 3.87. The molecule has 1 aromatic carbocycles. The van der Waals surface area contributed by atoms with E-state index in [2.05, 4.69) is 20.8 Å². The minimum atomic E-state index is 0.469. The van der Waals surface area contributed by atoms with E-state index in [1.807, 2.05) is 32.0 Å². The molecule has 0 saturated heterocycles. The van der Waals surface area contributed by atoms with Crippen LogP contribution in [0.1, 0.15) is 10.6 Å². The Hall–Kier alpha value is -1.24. The van der Waals surface area contributed by atoms with Gasteiger partial charge in [-0.25, -0.2) is 0 Å². The molecule has 0 radical (unpaired) electrons. The van der Waals surface area contributed by atoms with E-state index in [0.29, 0.717) is 15.3 Å². The second kappa shape index (κ2) is 5.60. The van der Waals surface area contributed by atoms with Crippen LogP contribution in [-0.4, -0.2) is 15.3 Å². The van der Waals surface area contributed by atoms with Gasteiger partial charge in [0.1, 0.15) is 5.01 Å². The van der Waals surface area contributed by atoms with Gasteiger partial charge in [0.15, 0.2) is 5.11 Å². The highest BCUT2D eigenvalue weighted by Gasteiger charge is 2.05. The van der Waals surface area contributed by atoms with Gasteiger partial charge in [0.05, 0.1) is 0 Å². The molecule has 1 heterocycles. The van der Waals surface area contributed by atoms with Crippen molar-refractivity contribution in [3.05, 3.63) is 33.8 Å². The van der Waals surface area contributed by atoms with Crippen LogP contribution in [0.2, 0.25) is 5.02 Å². The van der Waals surface area contributed by atoms with Crippen molar-refractivity contribution in [1.82, 2.24) is 10.2 Å². The lowest BCUT2D eigenvalue weighted by Gasteiger charge is -2.10. The monoisotopic (exact) mass is 298 g/mol. The number of aryl methyl sites for hydroxylation is 2. The molecule has 0 unspecified atom stereocenters. The Labute approximate surface area is 119 Å². The van der Waals surface area contributed by atoms with Crippen LogP contribution in [0.4, 0.5) is 10.8 Å². The van der Waals surface area contributed by atoms with Crippen molar-refractivity contribution in [2.45, 2.75) is 13.8 Å². The predicted molar refractivity (Wildman–Crippen MR) is 80.7 cm³/mol. The number of aromatic nitrogens is 2. The molecular formula is C11H11ClN4S2. The van der Waals surface area contributed by atoms with E-state index >= 15 is 0 Å². The second-order valence-electron chi connectivity index (χ2n) is 3.66. The highest BCUT2D eigenvalue weighted by molar-refractivity contribution is 7.80. The van der Waals surface area contributed by atoms with Gasteiger partial charge in [-0.1, -0.05) is 29.0 Å². The standard InChI is InChI=1S/C11H11ClN4S2/c1-6-3-4-8(12)5-9(6)13-10(17)14-11-16-15-7(2)18-11/h3-5H,1-2H3,(H2,13,14,16,17). The number of hydrogen-bond donors (Lipinski definition) is 2. The number of nitrogens with zero attached hydrogens (tertiary/aromatic N) is 2. The molecule has 7 heteroatoms. The largest absolute Gasteiger partial charge is 0.332 e. The predicted octanol–water partition coefficient (Wildman–Crippen LogP) is 3.62. The van der Waals surface area contributed by atoms with E-state index in [-0.39, 0.29) is 0 Å². The maximum absolute atomic E-state index is 5.94. The molecule has 0 aliphatic carbocycles. The Morgan fingerprint density at radius 2 is 2.06 bits per heavy atom. The average molecular weight is 299 g/mol. The van der Waals surface area contributed by atoms with Crippen LogP contribution in [0.15, 0.2) is 18.2 Å². The summed E-state index contributed by atoms with van der Waals surface area (Å²) in [5, 5.41) is 16.6. The van der Waals surface area contributed by atoms with E-state index in [9.17, 15) is 0 Å². The number of rotatable bonds is 2. The van der Waals surface area contributed by atoms with Crippen molar-refractivity contribution in [2.75, 3.05) is 10.6 Å². The molecule has 0 fully saturated rings. The van der Waals surface area contributed by atoms with Gasteiger partial charge in [-0.2, -0.15) is 0 Å². The Kier molecular flexibility index (Phi) is 4.11. The van der Waals surface area contributed by atoms with Crippen molar-refractivity contribution in [3.63, 3.8) is 0 Å². The normalized spacial score (nSPS) is 10.2. The average Bonchev–Trinajstić information content (AvgIpc) is 2.69. The van der Waals surface area contributed by atoms with Crippen LogP contribution in [0.3, 0.4) is 0 Å². The fourth-order valence-corrected chi connectivity index (χ4v) is 2.37. The summed E-state index contributed by atoms with van der Waals surface area (Å²) in [5.74, 6) is 0. The smallest absolute Gasteiger partial charge is 0.211 e. The van der Waals surface area contributed by atoms with Gasteiger partial charge in [0.2, 0.25) is 5.13 Å². The minimum Gasteiger partial charge on any atom is -0.332 e. The zero-order valence-corrected chi connectivity index (χ0v) is 12.2. The van der Waals surface area contributed by atoms with E-state index in [1.54, 1.807) is 0 Å². The van der Waals surface area contributed by atoms with Gasteiger partial charge in [0.25, 0.3) is 0 Å². The van der Waals surface area contributed by atoms with Crippen molar-refractivity contribution in [3.8, 4) is 0 Å². The van der Waals surface area contributed by atoms with Crippen LogP contribution in [-0.2, 0) is 0 Å². The SMILES string of the molecule is Cc1nnc(NC(=S)Nc2cc(Cl)ccc2C)s1. The lowest BCUT2D eigenvalue weighted by Crippen LogP contribution is -2.19. The van der Waals surface area contributed by atoms with Crippen molar-refractivity contribution < 1.29 is 0 Å². The van der Waals surface area contributed by atoms with Crippen molar-refractivity contribution >= 4 is 51.1 Å². The summed E-state index contributed by atoms with van der Waals surface area (Å²) in [6.07, 6.45) is 0. The molecule has 2 N–H and O–H groups in total. The Morgan fingerprint density at radius 3 is 2.72 bits per heavy atom. The Balaban J connectivity index is 2.05. The van der Waals surface area contributed by atoms with E-state index in [4.69, 9.17) is 23.8 Å². The number of hydrogen-bond acceptors (Lipinski definition) is 4. The Bertz CT molecular complexity index is 582. The molecule has 0 saturated carbocycles. The minimum absolute atomic E-state index is 0.469. The number of thiocarbonyl (C=S) groups is 1. The van der Waals surface area contributed by atoms with Gasteiger partial charge in [0, 0.05) is 10.7 Å². The van der Waals surface area contributed by atoms with Crippen molar-refractivity contribution in [2.24, 2.45) is 0 Å². The summed E-state index contributed by atoms with van der Waals surface area (Å²) >= 11 is 12.6. The first-order valence-electron chi connectivity index (χ1n) is 5.19. The second-order valence-corrected chi connectivity index (χ2v) is 5.69. The summed E-state index contributed by atoms with van der Waals surface area (Å²) in [6, 6.07) is 5.60. The number of anilines is 2. The molecule has 94 valence electrons. The summed E-state index contributed by atoms with van der Waals surface area (Å²) in [7, 11) is 0. The van der Waals surface area contributed by atoms with E-state index < -0.39 is 0 Å². The van der Waals surface area contributed by atoms with Crippen molar-refractivity contribution in [1.29, 1.82) is 0 Å². The maximum atomic E-state index is 5.94. The first kappa shape index (κ1) is 13.2. The molecule has 0 amide bonds. The number of nitrogens with one attached hydrogen (secondary N) is 2. The molecule has 0 atom stereocenters. The molecule has 0 aliphatic heterocycles. The molecule has 1 aromatic heterocycles. The molecule has 18 heavy (non-hydrogen) atoms. The molecule has 2 aromatic rings. The fourth-order valence-electron chi connectivity index (χ4n) is 1.33. The first-order chi connectivity index (χ1) is 8.54. The topological polar surface area (TPSA) is 49.8 Å². The summed E-state index contributed by atoms with van der Waals surface area (Å²) in [4.78, 5) is 0. The molecule has 4 nitrogen and oxygen atoms in total. The molecule has 0 spiro atoms. The van der Waals surface area contributed by atoms with Crippen LogP contribution in [0.25, 0.3) is 0 Å². The highest BCUT2D eigenvalue weighted by atomic mass is 35.5. The third-order valence-corrected chi connectivity index (χ3v) is 3.39. The molecule has 2 rings (SSSR count). The summed E-state index contributed by atoms with van der Waals surface area (Å²) in [5.41, 5.74) is 1.94. The number of halogens is 1. The van der Waals surface area contributed by atoms with Crippen LogP contribution in [0.5, 0.6) is 0 Å². The van der Waals surface area contributed by atoms with Gasteiger partial charge in [-0.3, -0.25) is 0 Å². The lowest BCUT2D eigenvalue weighted by molar-refractivity contribution is 1.05. The molecule has 0 aliphatic rings. The van der Waals surface area contributed by atoms with E-state index in [0.717, 1.165) is 16.3 Å². The summed E-state index contributed by atoms with van der Waals surface area (Å²) < 4.78 is 0. The molecular weight excluding hydrogens is 288 g/mol. The quantitative estimate of drug-likeness (QED) is 0.829. The molecule has 0 bridgehead atoms. The zero-order chi connectivity index (χ0) is 13.1. The third-order valence-electron chi connectivity index (χ3n) is 2.19. The highest BCUT2D eigenvalue weighted by Crippen LogP contribution is 2.21. The van der Waals surface area contributed by atoms with Gasteiger partial charge >= 0.3 is 0 Å². The maximum Gasteiger partial charge on any atom is 0.211 e. The van der Waals surface area contributed by atoms with Gasteiger partial charge < -0.3 is 10.6 Å².